The van der Waals surface area contributed by atoms with Crippen LogP contribution in [0.25, 0.3) is 0 Å². The number of carbonyl (C=O) groups excluding carboxylic acids is 2. The van der Waals surface area contributed by atoms with Crippen molar-refractivity contribution in [2.24, 2.45) is 5.10 Å². The van der Waals surface area contributed by atoms with E-state index in [4.69, 9.17) is 9.15 Å². The van der Waals surface area contributed by atoms with E-state index in [9.17, 15) is 9.59 Å². The number of hydrogen-bond acceptors (Lipinski definition) is 5. The summed E-state index contributed by atoms with van der Waals surface area (Å²) < 4.78 is 10.8. The van der Waals surface area contributed by atoms with Crippen molar-refractivity contribution in [3.05, 3.63) is 94.9 Å². The van der Waals surface area contributed by atoms with Gasteiger partial charge in [0.05, 0.1) is 17.5 Å². The van der Waals surface area contributed by atoms with E-state index in [-0.39, 0.29) is 6.04 Å². The average molecular weight is 402 g/mol. The number of carbonyl (C=O) groups is 2. The molecule has 1 atom stereocenters. The van der Waals surface area contributed by atoms with Gasteiger partial charge in [-0.2, -0.15) is 5.10 Å². The van der Waals surface area contributed by atoms with Crippen LogP contribution in [0.15, 0.2) is 76.4 Å². The molecule has 2 heterocycles. The van der Waals surface area contributed by atoms with Crippen LogP contribution in [-0.4, -0.2) is 29.2 Å². The highest BCUT2D eigenvalue weighted by atomic mass is 16.5. The highest BCUT2D eigenvalue weighted by Crippen LogP contribution is 2.33. The molecule has 0 spiro atoms. The second kappa shape index (κ2) is 8.37. The maximum Gasteiger partial charge on any atom is 0.338 e. The molecule has 0 saturated heterocycles. The molecule has 4 rings (SSSR count). The van der Waals surface area contributed by atoms with Crippen molar-refractivity contribution in [3.8, 4) is 0 Å². The molecule has 0 radical (unpaired) electrons. The van der Waals surface area contributed by atoms with Gasteiger partial charge in [0.25, 0.3) is 5.91 Å². The smallest absolute Gasteiger partial charge is 0.338 e. The van der Waals surface area contributed by atoms with Crippen molar-refractivity contribution < 1.29 is 18.7 Å². The Morgan fingerprint density at radius 3 is 2.53 bits per heavy atom. The lowest BCUT2D eigenvalue weighted by Crippen LogP contribution is -2.31. The topological polar surface area (TPSA) is 72.1 Å². The Morgan fingerprint density at radius 1 is 1.07 bits per heavy atom. The third kappa shape index (κ3) is 4.03. The van der Waals surface area contributed by atoms with E-state index in [1.165, 1.54) is 5.01 Å². The van der Waals surface area contributed by atoms with Gasteiger partial charge < -0.3 is 9.15 Å². The number of ether oxygens (including phenoxy) is 1. The molecule has 152 valence electrons. The maximum absolute atomic E-state index is 12.9. The lowest BCUT2D eigenvalue weighted by atomic mass is 10.0. The van der Waals surface area contributed by atoms with Crippen LogP contribution in [0.1, 0.15) is 45.3 Å². The molecule has 1 aromatic heterocycles. The lowest BCUT2D eigenvalue weighted by molar-refractivity contribution is -0.136. The van der Waals surface area contributed by atoms with Crippen molar-refractivity contribution in [3.63, 3.8) is 0 Å². The molecular formula is C24H22N2O4. The standard InChI is InChI=1S/C24H22N2O4/c1-16-9-11-18(12-10-16)20-14-21(22-8-5-13-29-22)26(25-20)23(27)15-30-24(28)19-7-4-3-6-17(19)2/h3-13,21H,14-15H2,1-2H3/t21-/m1/s1. The predicted octanol–water partition coefficient (Wildman–Crippen LogP) is 4.43. The molecular weight excluding hydrogens is 380 g/mol. The normalized spacial score (nSPS) is 15.7. The van der Waals surface area contributed by atoms with Crippen LogP contribution in [0.5, 0.6) is 0 Å². The number of nitrogens with zero attached hydrogens (tertiary/aromatic N) is 2. The fraction of sp³-hybridized carbons (Fsp3) is 0.208. The molecule has 0 aliphatic carbocycles. The minimum atomic E-state index is -0.530. The zero-order valence-corrected chi connectivity index (χ0v) is 16.9. The van der Waals surface area contributed by atoms with Crippen LogP contribution in [-0.2, 0) is 9.53 Å². The number of amides is 1. The Labute approximate surface area is 174 Å². The number of aryl methyl sites for hydroxylation is 2. The molecule has 0 saturated carbocycles. The van der Waals surface area contributed by atoms with Gasteiger partial charge in [-0.05, 0) is 43.2 Å². The quantitative estimate of drug-likeness (QED) is 0.592. The SMILES string of the molecule is Cc1ccc(C2=NN(C(=O)COC(=O)c3ccccc3C)[C@@H](c3ccco3)C2)cc1. The van der Waals surface area contributed by atoms with Crippen LogP contribution in [0.4, 0.5) is 0 Å². The fourth-order valence-electron chi connectivity index (χ4n) is 3.44. The first-order valence-corrected chi connectivity index (χ1v) is 9.75. The molecule has 0 N–H and O–H groups in total. The second-order valence-electron chi connectivity index (χ2n) is 7.28. The number of esters is 1. The van der Waals surface area contributed by atoms with Crippen molar-refractivity contribution in [1.82, 2.24) is 5.01 Å². The van der Waals surface area contributed by atoms with Crippen LogP contribution in [0, 0.1) is 13.8 Å². The molecule has 2 aromatic carbocycles. The Morgan fingerprint density at radius 2 is 1.83 bits per heavy atom. The first kappa shape index (κ1) is 19.6. The number of hydrazone groups is 1. The van der Waals surface area contributed by atoms with Gasteiger partial charge in [0.15, 0.2) is 6.61 Å². The van der Waals surface area contributed by atoms with Crippen molar-refractivity contribution in [2.45, 2.75) is 26.3 Å². The monoisotopic (exact) mass is 402 g/mol. The molecule has 0 fully saturated rings. The second-order valence-corrected chi connectivity index (χ2v) is 7.28. The van der Waals surface area contributed by atoms with Crippen LogP contribution >= 0.6 is 0 Å². The van der Waals surface area contributed by atoms with Crippen LogP contribution in [0.2, 0.25) is 0 Å². The summed E-state index contributed by atoms with van der Waals surface area (Å²) in [5.41, 5.74) is 4.12. The Balaban J connectivity index is 1.52. The Bertz CT molecular complexity index is 1080. The van der Waals surface area contributed by atoms with Gasteiger partial charge in [-0.25, -0.2) is 9.80 Å². The molecule has 0 unspecified atom stereocenters. The third-order valence-electron chi connectivity index (χ3n) is 5.11. The zero-order valence-electron chi connectivity index (χ0n) is 16.9. The summed E-state index contributed by atoms with van der Waals surface area (Å²) in [7, 11) is 0. The van der Waals surface area contributed by atoms with E-state index in [0.717, 1.165) is 22.4 Å². The lowest BCUT2D eigenvalue weighted by Gasteiger charge is -2.19. The minimum absolute atomic E-state index is 0.374. The summed E-state index contributed by atoms with van der Waals surface area (Å²) in [6, 6.07) is 18.3. The number of hydrogen-bond donors (Lipinski definition) is 0. The van der Waals surface area contributed by atoms with E-state index in [0.29, 0.717) is 17.7 Å². The number of benzene rings is 2. The van der Waals surface area contributed by atoms with E-state index in [2.05, 4.69) is 5.10 Å². The van der Waals surface area contributed by atoms with Gasteiger partial charge in [0.2, 0.25) is 0 Å². The number of rotatable bonds is 5. The minimum Gasteiger partial charge on any atom is -0.467 e. The molecule has 1 aliphatic heterocycles. The van der Waals surface area contributed by atoms with E-state index in [1.54, 1.807) is 24.5 Å². The van der Waals surface area contributed by atoms with Gasteiger partial charge >= 0.3 is 5.97 Å². The predicted molar refractivity (Wildman–Crippen MR) is 112 cm³/mol. The molecule has 6 heteroatoms. The van der Waals surface area contributed by atoms with Gasteiger partial charge in [-0.15, -0.1) is 0 Å². The molecule has 1 aliphatic rings. The van der Waals surface area contributed by atoms with Crippen LogP contribution in [0.3, 0.4) is 0 Å². The maximum atomic E-state index is 12.9. The zero-order chi connectivity index (χ0) is 21.1. The molecule has 30 heavy (non-hydrogen) atoms. The summed E-state index contributed by atoms with van der Waals surface area (Å²) in [4.78, 5) is 25.3. The summed E-state index contributed by atoms with van der Waals surface area (Å²) in [6.45, 7) is 3.45. The third-order valence-corrected chi connectivity index (χ3v) is 5.11. The number of furan rings is 1. The van der Waals surface area contributed by atoms with Gasteiger partial charge in [0, 0.05) is 6.42 Å². The first-order valence-electron chi connectivity index (χ1n) is 9.75. The molecule has 0 bridgehead atoms. The van der Waals surface area contributed by atoms with Gasteiger partial charge in [-0.1, -0.05) is 48.0 Å². The Kier molecular flexibility index (Phi) is 5.48. The molecule has 6 nitrogen and oxygen atoms in total. The van der Waals surface area contributed by atoms with Gasteiger partial charge in [-0.3, -0.25) is 4.79 Å². The summed E-state index contributed by atoms with van der Waals surface area (Å²) in [5.74, 6) is -0.294. The van der Waals surface area contributed by atoms with E-state index < -0.39 is 18.5 Å². The average Bonchev–Trinajstić information content (AvgIpc) is 3.42. The summed E-state index contributed by atoms with van der Waals surface area (Å²) >= 11 is 0. The fourth-order valence-corrected chi connectivity index (χ4v) is 3.44. The van der Waals surface area contributed by atoms with Crippen molar-refractivity contribution in [1.29, 1.82) is 0 Å². The van der Waals surface area contributed by atoms with Crippen molar-refractivity contribution in [2.75, 3.05) is 6.61 Å². The van der Waals surface area contributed by atoms with Gasteiger partial charge in [0.1, 0.15) is 11.8 Å². The highest BCUT2D eigenvalue weighted by molar-refractivity contribution is 6.03. The van der Waals surface area contributed by atoms with Crippen molar-refractivity contribution >= 4 is 17.6 Å². The molecule has 1 amide bonds. The van der Waals surface area contributed by atoms with E-state index >= 15 is 0 Å². The Hall–Kier alpha value is -3.67. The first-order chi connectivity index (χ1) is 14.5. The van der Waals surface area contributed by atoms with E-state index in [1.807, 2.05) is 56.3 Å². The summed E-state index contributed by atoms with van der Waals surface area (Å²) in [6.07, 6.45) is 2.09. The highest BCUT2D eigenvalue weighted by Gasteiger charge is 2.35. The summed E-state index contributed by atoms with van der Waals surface area (Å²) in [5, 5.41) is 5.90. The largest absolute Gasteiger partial charge is 0.467 e. The van der Waals surface area contributed by atoms with Crippen LogP contribution < -0.4 is 0 Å². The molecule has 3 aromatic rings.